The zero-order valence-electron chi connectivity index (χ0n) is 3.12. The molecule has 0 rings (SSSR count). The Labute approximate surface area is 62.2 Å². The smallest absolute Gasteiger partial charge is 0.394 e. The van der Waals surface area contributed by atoms with Gasteiger partial charge in [0.15, 0.2) is 0 Å². The van der Waals surface area contributed by atoms with E-state index in [2.05, 4.69) is 0 Å². The minimum atomic E-state index is -4.67. The van der Waals surface area contributed by atoms with Crippen molar-refractivity contribution in [1.82, 2.24) is 0 Å². The molecule has 0 heterocycles. The van der Waals surface area contributed by atoms with Crippen molar-refractivity contribution in [2.45, 2.75) is 0 Å². The molecule has 0 saturated heterocycles. The first-order valence-electron chi connectivity index (χ1n) is 0.698. The fourth-order valence-electron chi connectivity index (χ4n) is 0. The van der Waals surface area contributed by atoms with Gasteiger partial charge in [-0.3, -0.25) is 9.11 Å². The molecule has 6 N–H and O–H groups in total. The molecule has 0 aliphatic rings. The highest BCUT2D eigenvalue weighted by Gasteiger charge is 1.84. The van der Waals surface area contributed by atoms with E-state index in [4.69, 9.17) is 17.5 Å². The molecular weight excluding hydrogens is 152 g/mol. The molecule has 0 aliphatic heterocycles. The molecule has 0 aromatic heterocycles. The van der Waals surface area contributed by atoms with Crippen molar-refractivity contribution >= 4 is 33.5 Å². The van der Waals surface area contributed by atoms with E-state index in [1.165, 1.54) is 0 Å². The van der Waals surface area contributed by atoms with Crippen LogP contribution < -0.4 is 0 Å². The summed E-state index contributed by atoms with van der Waals surface area (Å²) in [6.07, 6.45) is 0. The minimum absolute atomic E-state index is 0. The lowest BCUT2D eigenvalue weighted by molar-refractivity contribution is 0.381. The van der Waals surface area contributed by atoms with Crippen LogP contribution in [-0.4, -0.2) is 51.5 Å². The second-order valence-corrected chi connectivity index (χ2v) is 1.34. The summed E-state index contributed by atoms with van der Waals surface area (Å²) in [5, 5.41) is 0. The van der Waals surface area contributed by atoms with Crippen LogP contribution in [0.2, 0.25) is 0 Å². The molecule has 0 saturated carbocycles. The van der Waals surface area contributed by atoms with Crippen LogP contribution in [0.1, 0.15) is 0 Å². The van der Waals surface area contributed by atoms with Gasteiger partial charge in [0, 0.05) is 0 Å². The summed E-state index contributed by atoms with van der Waals surface area (Å²) in [5.74, 6) is 0. The van der Waals surface area contributed by atoms with E-state index in [-0.39, 0.29) is 34.0 Å². The van der Waals surface area contributed by atoms with Gasteiger partial charge in [-0.15, -0.1) is 0 Å². The van der Waals surface area contributed by atoms with E-state index >= 15 is 0 Å². The predicted octanol–water partition coefficient (Wildman–Crippen LogP) is -3.22. The van der Waals surface area contributed by atoms with Crippen molar-refractivity contribution in [2.75, 3.05) is 0 Å². The Morgan fingerprint density at radius 3 is 1.00 bits per heavy atom. The third kappa shape index (κ3) is 654. The average molecular weight is 160 g/mol. The molecule has 8 heteroatoms. The molecule has 0 aliphatic carbocycles. The maximum Gasteiger partial charge on any atom is 0.394 e. The Kier molecular flexibility index (Phi) is 22.2. The lowest BCUT2D eigenvalue weighted by Crippen LogP contribution is -1.89. The van der Waals surface area contributed by atoms with Crippen LogP contribution in [0.3, 0.4) is 0 Å². The van der Waals surface area contributed by atoms with E-state index in [0.717, 1.165) is 0 Å². The molecule has 0 spiro atoms. The molecule has 0 aromatic rings. The van der Waals surface area contributed by atoms with Gasteiger partial charge < -0.3 is 11.0 Å². The third-order valence-electron chi connectivity index (χ3n) is 0. The molecule has 0 aromatic carbocycles. The van der Waals surface area contributed by atoms with E-state index in [1.807, 2.05) is 0 Å². The largest absolute Gasteiger partial charge is 0.412 e. The number of hydrogen-bond acceptors (Lipinski definition) is 2. The zero-order chi connectivity index (χ0) is 4.50. The summed E-state index contributed by atoms with van der Waals surface area (Å²) >= 11 is 0. The van der Waals surface area contributed by atoms with Gasteiger partial charge in [-0.05, 0) is 0 Å². The first-order chi connectivity index (χ1) is 2.00. The third-order valence-corrected chi connectivity index (χ3v) is 0. The topological polar surface area (TPSA) is 138 Å². The second-order valence-electron chi connectivity index (χ2n) is 0.448. The van der Waals surface area contributed by atoms with E-state index in [1.54, 1.807) is 0 Å². The van der Waals surface area contributed by atoms with Crippen molar-refractivity contribution in [1.29, 1.82) is 0 Å². The first kappa shape index (κ1) is 23.5. The van der Waals surface area contributed by atoms with Crippen molar-refractivity contribution in [3.63, 3.8) is 0 Å². The van der Waals surface area contributed by atoms with Crippen molar-refractivity contribution < 1.29 is 28.5 Å². The van der Waals surface area contributed by atoms with Crippen LogP contribution in [0.5, 0.6) is 0 Å². The quantitative estimate of drug-likeness (QED) is 0.284. The first-order valence-corrected chi connectivity index (χ1v) is 2.10. The SMILES string of the molecule is O.O.O=S(=O)(O)O.[MgH2]. The molecule has 0 amide bonds. The van der Waals surface area contributed by atoms with Crippen LogP contribution >= 0.6 is 0 Å². The van der Waals surface area contributed by atoms with Gasteiger partial charge in [-0.25, -0.2) is 0 Å². The van der Waals surface area contributed by atoms with Crippen molar-refractivity contribution in [2.24, 2.45) is 0 Å². The Bertz CT molecular complexity index is 91.7. The number of hydrogen-bond donors (Lipinski definition) is 2. The van der Waals surface area contributed by atoms with Gasteiger partial charge in [0.25, 0.3) is 0 Å². The van der Waals surface area contributed by atoms with Crippen molar-refractivity contribution in [3.8, 4) is 0 Å². The van der Waals surface area contributed by atoms with Crippen LogP contribution in [0.25, 0.3) is 0 Å². The van der Waals surface area contributed by atoms with Crippen LogP contribution in [0.4, 0.5) is 0 Å². The highest BCUT2D eigenvalue weighted by molar-refractivity contribution is 7.79. The second kappa shape index (κ2) is 7.56. The van der Waals surface area contributed by atoms with Gasteiger partial charge >= 0.3 is 33.5 Å². The van der Waals surface area contributed by atoms with Gasteiger partial charge in [0.1, 0.15) is 0 Å². The summed E-state index contributed by atoms with van der Waals surface area (Å²) < 4.78 is 31.6. The molecule has 52 valence electrons. The summed E-state index contributed by atoms with van der Waals surface area (Å²) in [4.78, 5) is 0. The molecule has 0 unspecified atom stereocenters. The average Bonchev–Trinajstić information content (AvgIpc) is 0.722. The Morgan fingerprint density at radius 2 is 1.00 bits per heavy atom. The zero-order valence-corrected chi connectivity index (χ0v) is 3.94. The number of rotatable bonds is 0. The summed E-state index contributed by atoms with van der Waals surface area (Å²) in [7, 11) is -4.67. The van der Waals surface area contributed by atoms with E-state index < -0.39 is 10.4 Å². The molecule has 6 nitrogen and oxygen atoms in total. The summed E-state index contributed by atoms with van der Waals surface area (Å²) in [5.41, 5.74) is 0. The highest BCUT2D eigenvalue weighted by Crippen LogP contribution is 1.59. The van der Waals surface area contributed by atoms with Crippen molar-refractivity contribution in [3.05, 3.63) is 0 Å². The van der Waals surface area contributed by atoms with Crippen LogP contribution in [-0.2, 0) is 10.4 Å². The normalized spacial score (nSPS) is 7.25. The van der Waals surface area contributed by atoms with E-state index in [0.29, 0.717) is 0 Å². The molecule has 0 radical (unpaired) electrons. The molecule has 0 atom stereocenters. The van der Waals surface area contributed by atoms with Crippen LogP contribution in [0.15, 0.2) is 0 Å². The Hall–Kier alpha value is 0.556. The maximum atomic E-state index is 8.74. The fourth-order valence-corrected chi connectivity index (χ4v) is 0. The molecule has 0 fully saturated rings. The molecule has 0 bridgehead atoms. The predicted molar refractivity (Wildman–Crippen MR) is 29.9 cm³/mol. The Balaban J connectivity index is -0.0000000267. The van der Waals surface area contributed by atoms with Gasteiger partial charge in [0.2, 0.25) is 0 Å². The Morgan fingerprint density at radius 1 is 1.00 bits per heavy atom. The molecule has 8 heavy (non-hydrogen) atoms. The highest BCUT2D eigenvalue weighted by atomic mass is 32.3. The summed E-state index contributed by atoms with van der Waals surface area (Å²) in [6, 6.07) is 0. The lowest BCUT2D eigenvalue weighted by Gasteiger charge is -1.68. The summed E-state index contributed by atoms with van der Waals surface area (Å²) in [6.45, 7) is 0. The van der Waals surface area contributed by atoms with Crippen LogP contribution in [0, 0.1) is 0 Å². The van der Waals surface area contributed by atoms with Gasteiger partial charge in [-0.2, -0.15) is 8.42 Å². The monoisotopic (exact) mass is 160 g/mol. The maximum absolute atomic E-state index is 8.74. The lowest BCUT2D eigenvalue weighted by atomic mass is 15.8. The molecular formula is H8MgO6S. The minimum Gasteiger partial charge on any atom is -0.412 e. The fraction of sp³-hybridized carbons (Fsp3) is 0. The van der Waals surface area contributed by atoms with E-state index in [9.17, 15) is 0 Å². The van der Waals surface area contributed by atoms with Gasteiger partial charge in [0.05, 0.1) is 0 Å². The standard InChI is InChI=1S/Mg.H2O4S.2H2O.2H/c;1-5(2,3)4;;;;/h;(H2,1,2,3,4);2*1H2;;. The van der Waals surface area contributed by atoms with Gasteiger partial charge in [-0.1, -0.05) is 0 Å².